The monoisotopic (exact) mass is 232 g/mol. The molecule has 0 fully saturated rings. The van der Waals surface area contributed by atoms with Gasteiger partial charge in [0.25, 0.3) is 0 Å². The third-order valence-electron chi connectivity index (χ3n) is 1.75. The molecule has 0 unspecified atom stereocenters. The minimum atomic E-state index is -0.247. The number of halogens is 2. The summed E-state index contributed by atoms with van der Waals surface area (Å²) in [7, 11) is 0. The van der Waals surface area contributed by atoms with E-state index in [9.17, 15) is 9.18 Å². The van der Waals surface area contributed by atoms with Gasteiger partial charge in [-0.05, 0) is 35.9 Å². The Hall–Kier alpha value is -0.440. The van der Waals surface area contributed by atoms with E-state index in [4.69, 9.17) is 0 Å². The van der Waals surface area contributed by atoms with Crippen molar-refractivity contribution in [3.63, 3.8) is 0 Å². The summed E-state index contributed by atoms with van der Waals surface area (Å²) in [5.41, 5.74) is 0.630. The number of rotatable bonds is 2. The quantitative estimate of drug-likeness (QED) is 0.715. The van der Waals surface area contributed by atoms with Crippen molar-refractivity contribution in [2.24, 2.45) is 0 Å². The van der Waals surface area contributed by atoms with Crippen LogP contribution in [-0.4, -0.2) is 5.78 Å². The van der Waals surface area contributed by atoms with Crippen LogP contribution in [0.1, 0.15) is 26.2 Å². The summed E-state index contributed by atoms with van der Waals surface area (Å²) in [6, 6.07) is 0. The van der Waals surface area contributed by atoms with Gasteiger partial charge >= 0.3 is 0 Å². The Bertz CT molecular complexity index is 266. The first-order valence-electron chi connectivity index (χ1n) is 3.82. The van der Waals surface area contributed by atoms with Crippen LogP contribution in [0.25, 0.3) is 0 Å². The predicted octanol–water partition coefficient (Wildman–Crippen LogP) is 3.26. The molecule has 12 heavy (non-hydrogen) atoms. The first-order valence-corrected chi connectivity index (χ1v) is 4.62. The Morgan fingerprint density at radius 3 is 2.83 bits per heavy atom. The van der Waals surface area contributed by atoms with Crippen LogP contribution in [0.4, 0.5) is 4.39 Å². The summed E-state index contributed by atoms with van der Waals surface area (Å²) >= 11 is 3.22. The highest BCUT2D eigenvalue weighted by molar-refractivity contribution is 9.11. The van der Waals surface area contributed by atoms with Crippen molar-refractivity contribution in [1.29, 1.82) is 0 Å². The minimum absolute atomic E-state index is 0.0200. The van der Waals surface area contributed by atoms with Gasteiger partial charge in [0.05, 0.1) is 0 Å². The number of carbonyl (C=O) groups is 1. The molecule has 0 aromatic rings. The molecule has 0 bridgehead atoms. The predicted molar refractivity (Wildman–Crippen MR) is 49.7 cm³/mol. The lowest BCUT2D eigenvalue weighted by Crippen LogP contribution is -1.99. The normalized spacial score (nSPS) is 17.8. The lowest BCUT2D eigenvalue weighted by Gasteiger charge is -2.11. The van der Waals surface area contributed by atoms with Gasteiger partial charge in [0, 0.05) is 6.42 Å². The maximum absolute atomic E-state index is 13.1. The van der Waals surface area contributed by atoms with Crippen molar-refractivity contribution < 1.29 is 9.18 Å². The highest BCUT2D eigenvalue weighted by Gasteiger charge is 2.13. The topological polar surface area (TPSA) is 17.1 Å². The van der Waals surface area contributed by atoms with Crippen molar-refractivity contribution >= 4 is 21.7 Å². The molecule has 1 nitrogen and oxygen atoms in total. The van der Waals surface area contributed by atoms with Gasteiger partial charge in [-0.1, -0.05) is 15.9 Å². The summed E-state index contributed by atoms with van der Waals surface area (Å²) in [6.45, 7) is 1.48. The molecule has 66 valence electrons. The Kier molecular flexibility index (Phi) is 3.20. The van der Waals surface area contributed by atoms with Crippen molar-refractivity contribution in [1.82, 2.24) is 0 Å². The molecule has 0 saturated heterocycles. The van der Waals surface area contributed by atoms with Gasteiger partial charge in [-0.25, -0.2) is 4.39 Å². The molecule has 1 rings (SSSR count). The largest absolute Gasteiger partial charge is 0.300 e. The summed E-state index contributed by atoms with van der Waals surface area (Å²) in [4.78, 5) is 10.7. The maximum Gasteiger partial charge on any atom is 0.133 e. The number of hydrogen-bond donors (Lipinski definition) is 0. The second kappa shape index (κ2) is 3.99. The van der Waals surface area contributed by atoms with Crippen molar-refractivity contribution in [2.45, 2.75) is 26.2 Å². The summed E-state index contributed by atoms with van der Waals surface area (Å²) in [6.07, 6.45) is 3.16. The summed E-state index contributed by atoms with van der Waals surface area (Å²) < 4.78 is 13.9. The molecule has 0 aromatic carbocycles. The van der Waals surface area contributed by atoms with Crippen LogP contribution in [0, 0.1) is 0 Å². The molecule has 0 aliphatic heterocycles. The highest BCUT2D eigenvalue weighted by Crippen LogP contribution is 2.29. The Morgan fingerprint density at radius 2 is 2.33 bits per heavy atom. The van der Waals surface area contributed by atoms with E-state index in [0.717, 1.165) is 10.9 Å². The van der Waals surface area contributed by atoms with Crippen LogP contribution in [0.2, 0.25) is 0 Å². The average Bonchev–Trinajstić information content (AvgIpc) is 1.94. The molecule has 1 aliphatic rings. The second-order valence-electron chi connectivity index (χ2n) is 2.92. The zero-order chi connectivity index (χ0) is 9.14. The second-order valence-corrected chi connectivity index (χ2v) is 3.94. The van der Waals surface area contributed by atoms with Gasteiger partial charge in [-0.15, -0.1) is 0 Å². The summed E-state index contributed by atoms with van der Waals surface area (Å²) in [5.74, 6) is -0.227. The van der Waals surface area contributed by atoms with Crippen LogP contribution in [0.3, 0.4) is 0 Å². The van der Waals surface area contributed by atoms with Gasteiger partial charge in [-0.2, -0.15) is 0 Å². The first-order chi connectivity index (χ1) is 5.59. The highest BCUT2D eigenvalue weighted by atomic mass is 79.9. The van der Waals surface area contributed by atoms with Crippen LogP contribution < -0.4 is 0 Å². The lowest BCUT2D eigenvalue weighted by atomic mass is 9.99. The number of ketones is 1. The molecule has 0 spiro atoms. The lowest BCUT2D eigenvalue weighted by molar-refractivity contribution is -0.116. The number of allylic oxidation sites excluding steroid dienone is 4. The molecular weight excluding hydrogens is 223 g/mol. The smallest absolute Gasteiger partial charge is 0.133 e. The Labute approximate surface area is 79.5 Å². The van der Waals surface area contributed by atoms with E-state index in [-0.39, 0.29) is 18.0 Å². The van der Waals surface area contributed by atoms with E-state index in [2.05, 4.69) is 15.9 Å². The van der Waals surface area contributed by atoms with Crippen molar-refractivity contribution in [2.75, 3.05) is 0 Å². The third kappa shape index (κ3) is 2.55. The van der Waals surface area contributed by atoms with Gasteiger partial charge in [-0.3, -0.25) is 4.79 Å². The fourth-order valence-electron chi connectivity index (χ4n) is 1.17. The summed E-state index contributed by atoms with van der Waals surface area (Å²) in [5, 5.41) is 0. The molecule has 0 aromatic heterocycles. The number of carbonyl (C=O) groups excluding carboxylic acids is 1. The third-order valence-corrected chi connectivity index (χ3v) is 2.37. The van der Waals surface area contributed by atoms with Gasteiger partial charge in [0.2, 0.25) is 0 Å². The first kappa shape index (κ1) is 9.65. The van der Waals surface area contributed by atoms with E-state index in [0.29, 0.717) is 12.0 Å². The van der Waals surface area contributed by atoms with E-state index < -0.39 is 0 Å². The van der Waals surface area contributed by atoms with Gasteiger partial charge in [0.1, 0.15) is 11.6 Å². The molecule has 0 N–H and O–H groups in total. The number of hydrogen-bond acceptors (Lipinski definition) is 1. The average molecular weight is 233 g/mol. The fourth-order valence-corrected chi connectivity index (χ4v) is 1.57. The van der Waals surface area contributed by atoms with Crippen LogP contribution in [0.15, 0.2) is 22.0 Å². The van der Waals surface area contributed by atoms with Gasteiger partial charge < -0.3 is 0 Å². The number of Topliss-reactive ketones (excluding diaryl/α,β-unsaturated/α-hetero) is 1. The zero-order valence-electron chi connectivity index (χ0n) is 6.86. The van der Waals surface area contributed by atoms with Crippen molar-refractivity contribution in [3.8, 4) is 0 Å². The molecular formula is C9H10BrFO. The fraction of sp³-hybridized carbons (Fsp3) is 0.444. The molecule has 0 saturated carbocycles. The van der Waals surface area contributed by atoms with Crippen LogP contribution in [0.5, 0.6) is 0 Å². The molecule has 3 heteroatoms. The molecule has 0 heterocycles. The van der Waals surface area contributed by atoms with E-state index >= 15 is 0 Å². The molecule has 0 amide bonds. The Morgan fingerprint density at radius 1 is 1.67 bits per heavy atom. The molecule has 1 aliphatic carbocycles. The zero-order valence-corrected chi connectivity index (χ0v) is 8.45. The molecule has 0 atom stereocenters. The van der Waals surface area contributed by atoms with Crippen molar-refractivity contribution in [3.05, 3.63) is 22.0 Å². The van der Waals surface area contributed by atoms with E-state index in [1.54, 1.807) is 0 Å². The van der Waals surface area contributed by atoms with Crippen LogP contribution >= 0.6 is 15.9 Å². The minimum Gasteiger partial charge on any atom is -0.300 e. The van der Waals surface area contributed by atoms with E-state index in [1.807, 2.05) is 0 Å². The Balaban J connectivity index is 2.76. The standard InChI is InChI=1S/C9H10BrFO/c1-6(12)4-7-2-3-8(10)5-9(7)11/h5H,2-4H2,1H3. The van der Waals surface area contributed by atoms with E-state index in [1.165, 1.54) is 13.0 Å². The van der Waals surface area contributed by atoms with Gasteiger partial charge in [0.15, 0.2) is 0 Å². The maximum atomic E-state index is 13.1. The SMILES string of the molecule is CC(=O)CC1=C(F)C=C(Br)CC1. The molecule has 0 radical (unpaired) electrons. The van der Waals surface area contributed by atoms with Crippen LogP contribution in [-0.2, 0) is 4.79 Å².